The van der Waals surface area contributed by atoms with Crippen molar-refractivity contribution in [1.29, 1.82) is 0 Å². The van der Waals surface area contributed by atoms with E-state index in [1.165, 1.54) is 6.33 Å². The molecule has 10 nitrogen and oxygen atoms in total. The molecule has 0 fully saturated rings. The van der Waals surface area contributed by atoms with Crippen LogP contribution in [0.3, 0.4) is 0 Å². The van der Waals surface area contributed by atoms with Gasteiger partial charge in [-0.2, -0.15) is 0 Å². The van der Waals surface area contributed by atoms with Gasteiger partial charge in [0.2, 0.25) is 0 Å². The van der Waals surface area contributed by atoms with Crippen LogP contribution in [0.5, 0.6) is 0 Å². The van der Waals surface area contributed by atoms with Crippen molar-refractivity contribution in [2.24, 2.45) is 0 Å². The Bertz CT molecular complexity index is 625. The van der Waals surface area contributed by atoms with Gasteiger partial charge < -0.3 is 24.8 Å². The lowest BCUT2D eigenvalue weighted by atomic mass is 10.4. The first-order valence-corrected chi connectivity index (χ1v) is 7.12. The Morgan fingerprint density at radius 3 is 2.95 bits per heavy atom. The van der Waals surface area contributed by atoms with Crippen molar-refractivity contribution in [1.82, 2.24) is 25.0 Å². The van der Waals surface area contributed by atoms with Gasteiger partial charge in [-0.25, -0.2) is 4.98 Å². The molecule has 104 valence electrons. The summed E-state index contributed by atoms with van der Waals surface area (Å²) in [6.07, 6.45) is 0.437. The molecule has 0 unspecified atom stereocenters. The van der Waals surface area contributed by atoms with Gasteiger partial charge in [0, 0.05) is 0 Å². The largest absolute Gasteiger partial charge is 0.380 e. The van der Waals surface area contributed by atoms with E-state index in [2.05, 4.69) is 20.4 Å². The molecule has 2 heterocycles. The van der Waals surface area contributed by atoms with Gasteiger partial charge in [0.05, 0.1) is 19.0 Å². The lowest BCUT2D eigenvalue weighted by Crippen LogP contribution is -2.17. The fourth-order valence-corrected chi connectivity index (χ4v) is 1.96. The second-order valence-corrected chi connectivity index (χ2v) is 5.60. The Morgan fingerprint density at radius 2 is 2.26 bits per heavy atom. The zero-order valence-electron chi connectivity index (χ0n) is 10.0. The number of nitrogens with zero attached hydrogens (tertiary/aromatic N) is 5. The molecule has 0 spiro atoms. The van der Waals surface area contributed by atoms with E-state index < -0.39 is 20.0 Å². The summed E-state index contributed by atoms with van der Waals surface area (Å²) in [5.74, 6) is 0.174. The number of ether oxygens (including phenoxy) is 1. The van der Waals surface area contributed by atoms with E-state index in [0.29, 0.717) is 17.7 Å². The summed E-state index contributed by atoms with van der Waals surface area (Å²) in [6.45, 7) is 1.99. The molecule has 1 atom stereocenters. The summed E-state index contributed by atoms with van der Waals surface area (Å²) in [5, 5.41) is 10.9. The van der Waals surface area contributed by atoms with E-state index in [4.69, 9.17) is 20.3 Å². The summed E-state index contributed by atoms with van der Waals surface area (Å²) < 4.78 is 17.4. The average Bonchev–Trinajstić information content (AvgIpc) is 2.71. The molecule has 0 saturated heterocycles. The quantitative estimate of drug-likeness (QED) is 0.609. The highest BCUT2D eigenvalue weighted by atomic mass is 31.2. The molecule has 0 aliphatic heterocycles. The molecule has 2 rings (SSSR count). The van der Waals surface area contributed by atoms with Gasteiger partial charge in [0.15, 0.2) is 17.0 Å². The molecule has 19 heavy (non-hydrogen) atoms. The van der Waals surface area contributed by atoms with Crippen LogP contribution >= 0.6 is 7.60 Å². The van der Waals surface area contributed by atoms with Crippen LogP contribution in [0, 0.1) is 0 Å². The molecule has 0 radical (unpaired) electrons. The van der Waals surface area contributed by atoms with Crippen molar-refractivity contribution in [3.63, 3.8) is 0 Å². The van der Waals surface area contributed by atoms with Crippen molar-refractivity contribution in [3.05, 3.63) is 6.33 Å². The van der Waals surface area contributed by atoms with Crippen molar-refractivity contribution in [2.45, 2.75) is 19.6 Å². The van der Waals surface area contributed by atoms with Crippen LogP contribution in [-0.4, -0.2) is 47.2 Å². The lowest BCUT2D eigenvalue weighted by Gasteiger charge is -2.14. The molecule has 0 aliphatic rings. The van der Waals surface area contributed by atoms with Gasteiger partial charge in [0.25, 0.3) is 0 Å². The van der Waals surface area contributed by atoms with Crippen LogP contribution < -0.4 is 5.73 Å². The Balaban J connectivity index is 2.09. The molecule has 11 heteroatoms. The summed E-state index contributed by atoms with van der Waals surface area (Å²) in [7, 11) is -4.17. The molecule has 0 bridgehead atoms. The number of rotatable bonds is 5. The van der Waals surface area contributed by atoms with Crippen LogP contribution in [0.25, 0.3) is 11.2 Å². The Hall–Kier alpha value is -1.61. The maximum Gasteiger partial charge on any atom is 0.350 e. The number of anilines is 1. The predicted octanol–water partition coefficient (Wildman–Crippen LogP) is -0.656. The van der Waals surface area contributed by atoms with Gasteiger partial charge in [-0.3, -0.25) is 4.57 Å². The topological polar surface area (TPSA) is 149 Å². The van der Waals surface area contributed by atoms with Crippen LogP contribution in [-0.2, 0) is 15.8 Å². The first-order chi connectivity index (χ1) is 8.87. The monoisotopic (exact) mass is 288 g/mol. The fraction of sp³-hybridized carbons (Fsp3) is 0.500. The number of hydrogen-bond acceptors (Lipinski definition) is 7. The highest BCUT2D eigenvalue weighted by Gasteiger charge is 2.17. The first-order valence-electron chi connectivity index (χ1n) is 5.32. The normalized spacial score (nSPS) is 13.8. The minimum atomic E-state index is -4.17. The van der Waals surface area contributed by atoms with Crippen molar-refractivity contribution >= 4 is 24.6 Å². The highest BCUT2D eigenvalue weighted by molar-refractivity contribution is 7.51. The number of nitrogen functional groups attached to an aromatic ring is 1. The molecule has 0 aromatic carbocycles. The minimum absolute atomic E-state index is 0.174. The smallest absolute Gasteiger partial charge is 0.350 e. The molecule has 0 amide bonds. The number of hydrogen-bond donors (Lipinski definition) is 3. The molecule has 2 aromatic rings. The zero-order chi connectivity index (χ0) is 14.0. The van der Waals surface area contributed by atoms with Gasteiger partial charge >= 0.3 is 7.60 Å². The predicted molar refractivity (Wildman–Crippen MR) is 65.0 cm³/mol. The van der Waals surface area contributed by atoms with Crippen molar-refractivity contribution in [2.75, 3.05) is 12.1 Å². The standard InChI is InChI=1S/C8H13N6O4P/c1-5(18-4-19(15,16)17)2-14-3-10-6-7(9)11-13-12-8(6)14/h3,5H,2,4H2,1H3,(H2,9,11,12)(H2,15,16,17)/t5-/m1/s1. The molecule has 0 saturated carbocycles. The number of aromatic nitrogens is 5. The third-order valence-electron chi connectivity index (χ3n) is 2.33. The van der Waals surface area contributed by atoms with E-state index in [1.54, 1.807) is 11.5 Å². The van der Waals surface area contributed by atoms with E-state index in [9.17, 15) is 4.57 Å². The van der Waals surface area contributed by atoms with Crippen LogP contribution in [0.4, 0.5) is 5.82 Å². The Morgan fingerprint density at radius 1 is 1.53 bits per heavy atom. The third kappa shape index (κ3) is 3.44. The van der Waals surface area contributed by atoms with E-state index >= 15 is 0 Å². The lowest BCUT2D eigenvalue weighted by molar-refractivity contribution is 0.0764. The van der Waals surface area contributed by atoms with Gasteiger partial charge in [-0.15, -0.1) is 10.2 Å². The van der Waals surface area contributed by atoms with Crippen LogP contribution in [0.1, 0.15) is 6.92 Å². The van der Waals surface area contributed by atoms with Crippen molar-refractivity contribution in [3.8, 4) is 0 Å². The van der Waals surface area contributed by atoms with Crippen LogP contribution in [0.2, 0.25) is 0 Å². The summed E-state index contributed by atoms with van der Waals surface area (Å²) >= 11 is 0. The molecular weight excluding hydrogens is 275 g/mol. The zero-order valence-corrected chi connectivity index (χ0v) is 10.9. The fourth-order valence-electron chi connectivity index (χ4n) is 1.51. The first kappa shape index (κ1) is 13.8. The second kappa shape index (κ2) is 5.17. The Labute approximate surface area is 107 Å². The summed E-state index contributed by atoms with van der Waals surface area (Å²) in [5.41, 5.74) is 6.46. The van der Waals surface area contributed by atoms with E-state index in [-0.39, 0.29) is 5.82 Å². The third-order valence-corrected chi connectivity index (χ3v) is 2.81. The maximum absolute atomic E-state index is 10.7. The molecular formula is C8H13N6O4P. The second-order valence-electron chi connectivity index (χ2n) is 4.01. The maximum atomic E-state index is 10.7. The molecule has 0 aliphatic carbocycles. The van der Waals surface area contributed by atoms with Crippen molar-refractivity contribution < 1.29 is 19.1 Å². The SMILES string of the molecule is C[C@H](Cn1cnc2c(N)nnnc21)OCP(=O)(O)O. The number of imidazole rings is 1. The van der Waals surface area contributed by atoms with Gasteiger partial charge in [-0.05, 0) is 12.1 Å². The highest BCUT2D eigenvalue weighted by Crippen LogP contribution is 2.34. The molecule has 2 aromatic heterocycles. The van der Waals surface area contributed by atoms with E-state index in [1.807, 2.05) is 0 Å². The summed E-state index contributed by atoms with van der Waals surface area (Å²) in [4.78, 5) is 21.5. The molecule has 4 N–H and O–H groups in total. The number of nitrogens with two attached hydrogens (primary N) is 1. The van der Waals surface area contributed by atoms with Gasteiger partial charge in [-0.1, -0.05) is 0 Å². The van der Waals surface area contributed by atoms with E-state index in [0.717, 1.165) is 0 Å². The number of fused-ring (bicyclic) bond motifs is 1. The average molecular weight is 288 g/mol. The van der Waals surface area contributed by atoms with Crippen LogP contribution in [0.15, 0.2) is 6.33 Å². The summed E-state index contributed by atoms with van der Waals surface area (Å²) in [6, 6.07) is 0. The van der Waals surface area contributed by atoms with Gasteiger partial charge in [0.1, 0.15) is 6.35 Å². The Kier molecular flexibility index (Phi) is 3.76. The minimum Gasteiger partial charge on any atom is -0.380 e.